The number of anilines is 2. The van der Waals surface area contributed by atoms with E-state index < -0.39 is 0 Å². The second kappa shape index (κ2) is 9.69. The molecular formula is C26H31N7O. The van der Waals surface area contributed by atoms with Crippen molar-refractivity contribution in [3.8, 4) is 5.69 Å². The second-order valence-corrected chi connectivity index (χ2v) is 9.04. The zero-order valence-electron chi connectivity index (χ0n) is 19.8. The number of carbonyl (C=O) groups excluding carboxylic acids is 1. The van der Waals surface area contributed by atoms with Crippen molar-refractivity contribution in [3.05, 3.63) is 66.4 Å². The van der Waals surface area contributed by atoms with Crippen LogP contribution < -0.4 is 10.2 Å². The van der Waals surface area contributed by atoms with Gasteiger partial charge in [-0.15, -0.1) is 10.2 Å². The Hall–Kier alpha value is -3.65. The molecule has 0 aliphatic carbocycles. The maximum atomic E-state index is 11.9. The van der Waals surface area contributed by atoms with Gasteiger partial charge in [-0.25, -0.2) is 0 Å². The van der Waals surface area contributed by atoms with Crippen LogP contribution in [0.3, 0.4) is 0 Å². The smallest absolute Gasteiger partial charge is 0.221 e. The molecule has 0 saturated carbocycles. The number of benzene rings is 2. The van der Waals surface area contributed by atoms with Gasteiger partial charge in [0.2, 0.25) is 5.91 Å². The highest BCUT2D eigenvalue weighted by molar-refractivity contribution is 5.91. The molecule has 1 fully saturated rings. The Labute approximate surface area is 199 Å². The summed E-state index contributed by atoms with van der Waals surface area (Å²) >= 11 is 0. The van der Waals surface area contributed by atoms with Gasteiger partial charge in [-0.2, -0.15) is 0 Å². The van der Waals surface area contributed by atoms with Crippen LogP contribution >= 0.6 is 0 Å². The van der Waals surface area contributed by atoms with E-state index in [1.807, 2.05) is 10.6 Å². The van der Waals surface area contributed by atoms with E-state index in [9.17, 15) is 4.79 Å². The highest BCUT2D eigenvalue weighted by Gasteiger charge is 2.19. The van der Waals surface area contributed by atoms with E-state index in [1.54, 1.807) is 19.6 Å². The van der Waals surface area contributed by atoms with Crippen molar-refractivity contribution in [2.24, 2.45) is 0 Å². The molecule has 2 aromatic heterocycles. The van der Waals surface area contributed by atoms with Gasteiger partial charge < -0.3 is 20.1 Å². The number of hydrogen-bond acceptors (Lipinski definition) is 5. The number of aromatic nitrogens is 4. The molecule has 0 unspecified atom stereocenters. The summed E-state index contributed by atoms with van der Waals surface area (Å²) in [7, 11) is 2.17. The van der Waals surface area contributed by atoms with E-state index in [4.69, 9.17) is 0 Å². The van der Waals surface area contributed by atoms with E-state index in [2.05, 4.69) is 73.9 Å². The molecule has 0 radical (unpaired) electrons. The number of piperazine rings is 1. The van der Waals surface area contributed by atoms with E-state index in [1.165, 1.54) is 22.2 Å². The highest BCUT2D eigenvalue weighted by atomic mass is 16.1. The SMILES string of the molecule is CC(=O)Nc1cccc(N2CCN(C)CC2)c1CCCc1c[nH]c2ccc(-n3cnnc3)cc12. The first kappa shape index (κ1) is 22.2. The van der Waals surface area contributed by atoms with Gasteiger partial charge >= 0.3 is 0 Å². The zero-order valence-corrected chi connectivity index (χ0v) is 19.8. The maximum absolute atomic E-state index is 11.9. The van der Waals surface area contributed by atoms with Gasteiger partial charge in [0.25, 0.3) is 0 Å². The molecular weight excluding hydrogens is 426 g/mol. The number of aromatic amines is 1. The largest absolute Gasteiger partial charge is 0.369 e. The topological polar surface area (TPSA) is 82.1 Å². The first-order valence-electron chi connectivity index (χ1n) is 11.9. The van der Waals surface area contributed by atoms with Crippen LogP contribution in [0.1, 0.15) is 24.5 Å². The molecule has 0 bridgehead atoms. The number of fused-ring (bicyclic) bond motifs is 1. The first-order chi connectivity index (χ1) is 16.6. The predicted octanol–water partition coefficient (Wildman–Crippen LogP) is 3.63. The third-order valence-electron chi connectivity index (χ3n) is 6.65. The molecule has 1 aliphatic rings. The predicted molar refractivity (Wildman–Crippen MR) is 136 cm³/mol. The van der Waals surface area contributed by atoms with Crippen LogP contribution in [-0.2, 0) is 17.6 Å². The Morgan fingerprint density at radius 3 is 2.62 bits per heavy atom. The van der Waals surface area contributed by atoms with Crippen molar-refractivity contribution in [2.45, 2.75) is 26.2 Å². The quantitative estimate of drug-likeness (QED) is 0.443. The number of amides is 1. The first-order valence-corrected chi connectivity index (χ1v) is 11.9. The normalized spacial score (nSPS) is 14.6. The molecule has 2 N–H and O–H groups in total. The van der Waals surface area contributed by atoms with Crippen molar-refractivity contribution < 1.29 is 4.79 Å². The number of carbonyl (C=O) groups is 1. The molecule has 0 atom stereocenters. The third-order valence-corrected chi connectivity index (χ3v) is 6.65. The van der Waals surface area contributed by atoms with Gasteiger partial charge in [0, 0.05) is 67.3 Å². The fourth-order valence-electron chi connectivity index (χ4n) is 4.81. The maximum Gasteiger partial charge on any atom is 0.221 e. The van der Waals surface area contributed by atoms with E-state index >= 15 is 0 Å². The molecule has 8 heteroatoms. The Kier molecular flexibility index (Phi) is 6.31. The fraction of sp³-hybridized carbons (Fsp3) is 0.346. The lowest BCUT2D eigenvalue weighted by Gasteiger charge is -2.35. The molecule has 1 saturated heterocycles. The summed E-state index contributed by atoms with van der Waals surface area (Å²) in [5, 5.41) is 12.1. The summed E-state index contributed by atoms with van der Waals surface area (Å²) in [4.78, 5) is 20.1. The number of aryl methyl sites for hydroxylation is 1. The number of hydrogen-bond donors (Lipinski definition) is 2. The molecule has 1 amide bonds. The van der Waals surface area contributed by atoms with Gasteiger partial charge in [-0.3, -0.25) is 9.36 Å². The minimum atomic E-state index is -0.0325. The van der Waals surface area contributed by atoms with Crippen LogP contribution in [0.25, 0.3) is 16.6 Å². The number of nitrogens with zero attached hydrogens (tertiary/aromatic N) is 5. The van der Waals surface area contributed by atoms with Crippen LogP contribution in [0, 0.1) is 0 Å². The van der Waals surface area contributed by atoms with Crippen LogP contribution in [0.5, 0.6) is 0 Å². The van der Waals surface area contributed by atoms with Crippen LogP contribution in [0.15, 0.2) is 55.2 Å². The second-order valence-electron chi connectivity index (χ2n) is 9.04. The average molecular weight is 458 g/mol. The molecule has 2 aromatic carbocycles. The summed E-state index contributed by atoms with van der Waals surface area (Å²) in [5.74, 6) is -0.0325. The fourth-order valence-corrected chi connectivity index (χ4v) is 4.81. The minimum absolute atomic E-state index is 0.0325. The lowest BCUT2D eigenvalue weighted by molar-refractivity contribution is -0.114. The van der Waals surface area contributed by atoms with Crippen LogP contribution in [-0.4, -0.2) is 63.8 Å². The summed E-state index contributed by atoms with van der Waals surface area (Å²) < 4.78 is 1.92. The van der Waals surface area contributed by atoms with E-state index in [0.717, 1.165) is 62.3 Å². The Morgan fingerprint density at radius 1 is 1.06 bits per heavy atom. The molecule has 0 spiro atoms. The monoisotopic (exact) mass is 457 g/mol. The van der Waals surface area contributed by atoms with E-state index in [-0.39, 0.29) is 5.91 Å². The van der Waals surface area contributed by atoms with Gasteiger partial charge in [-0.05, 0) is 67.8 Å². The molecule has 8 nitrogen and oxygen atoms in total. The standard InChI is InChI=1S/C26H31N7O/c1-19(34)30-25-7-4-8-26(32-13-11-31(2)12-14-32)22(25)6-3-5-20-16-27-24-10-9-21(15-23(20)24)33-17-28-29-18-33/h4,7-10,15-18,27H,3,5-6,11-14H2,1-2H3,(H,30,34). The summed E-state index contributed by atoms with van der Waals surface area (Å²) in [6.07, 6.45) is 8.37. The van der Waals surface area contributed by atoms with Gasteiger partial charge in [0.05, 0.1) is 0 Å². The Balaban J connectivity index is 1.37. The van der Waals surface area contributed by atoms with Gasteiger partial charge in [0.15, 0.2) is 0 Å². The highest BCUT2D eigenvalue weighted by Crippen LogP contribution is 2.31. The molecule has 4 aromatic rings. The summed E-state index contributed by atoms with van der Waals surface area (Å²) in [5.41, 5.74) is 6.87. The van der Waals surface area contributed by atoms with Gasteiger partial charge in [-0.1, -0.05) is 6.07 Å². The van der Waals surface area contributed by atoms with Crippen molar-refractivity contribution in [3.63, 3.8) is 0 Å². The van der Waals surface area contributed by atoms with Crippen molar-refractivity contribution in [2.75, 3.05) is 43.4 Å². The number of rotatable bonds is 7. The zero-order chi connectivity index (χ0) is 23.5. The molecule has 34 heavy (non-hydrogen) atoms. The molecule has 1 aliphatic heterocycles. The van der Waals surface area contributed by atoms with Crippen molar-refractivity contribution in [1.82, 2.24) is 24.6 Å². The Morgan fingerprint density at radius 2 is 1.85 bits per heavy atom. The average Bonchev–Trinajstić information content (AvgIpc) is 3.50. The number of likely N-dealkylation sites (N-methyl/N-ethyl adjacent to an activating group) is 1. The van der Waals surface area contributed by atoms with Crippen molar-refractivity contribution in [1.29, 1.82) is 0 Å². The lowest BCUT2D eigenvalue weighted by atomic mass is 9.99. The lowest BCUT2D eigenvalue weighted by Crippen LogP contribution is -2.44. The molecule has 3 heterocycles. The molecule has 176 valence electrons. The summed E-state index contributed by atoms with van der Waals surface area (Å²) in [6.45, 7) is 5.68. The molecule has 5 rings (SSSR count). The number of H-pyrrole nitrogens is 1. The number of nitrogens with one attached hydrogen (secondary N) is 2. The van der Waals surface area contributed by atoms with Gasteiger partial charge in [0.1, 0.15) is 12.7 Å². The third kappa shape index (κ3) is 4.68. The van der Waals surface area contributed by atoms with Crippen LogP contribution in [0.4, 0.5) is 11.4 Å². The minimum Gasteiger partial charge on any atom is -0.369 e. The van der Waals surface area contributed by atoms with Crippen molar-refractivity contribution >= 4 is 28.2 Å². The summed E-state index contributed by atoms with van der Waals surface area (Å²) in [6, 6.07) is 12.6. The van der Waals surface area contributed by atoms with E-state index in [0.29, 0.717) is 0 Å². The Bertz CT molecular complexity index is 1270. The van der Waals surface area contributed by atoms with Crippen LogP contribution in [0.2, 0.25) is 0 Å².